The molecule has 0 atom stereocenters. The van der Waals surface area contributed by atoms with Crippen molar-refractivity contribution in [3.8, 4) is 6.01 Å². The van der Waals surface area contributed by atoms with E-state index < -0.39 is 66.1 Å². The third kappa shape index (κ3) is 9.45. The van der Waals surface area contributed by atoms with Crippen molar-refractivity contribution in [1.82, 2.24) is 15.0 Å². The van der Waals surface area contributed by atoms with Gasteiger partial charge in [0.2, 0.25) is 11.9 Å². The number of aromatic hydroxyl groups is 1. The summed E-state index contributed by atoms with van der Waals surface area (Å²) in [4.78, 5) is 9.33. The zero-order valence-electron chi connectivity index (χ0n) is 30.2. The number of rotatable bonds is 12. The van der Waals surface area contributed by atoms with E-state index in [2.05, 4.69) is 46.0 Å². The topological polar surface area (TPSA) is 350 Å². The fraction of sp³-hybridized carbons (Fsp3) is 0. The van der Waals surface area contributed by atoms with Gasteiger partial charge in [0.1, 0.15) is 31.0 Å². The molecule has 22 nitrogen and oxygen atoms in total. The summed E-state index contributed by atoms with van der Waals surface area (Å²) in [5.74, 6) is -0.191. The largest absolute Gasteiger partial charge is 0.479 e. The molecule has 26 heteroatoms. The van der Waals surface area contributed by atoms with Gasteiger partial charge in [0.15, 0.2) is 0 Å². The van der Waals surface area contributed by atoms with Gasteiger partial charge in [0, 0.05) is 32.9 Å². The number of hydrogen-bond donors (Lipinski definition) is 7. The first-order chi connectivity index (χ1) is 28.6. The quantitative estimate of drug-likeness (QED) is 0.0471. The van der Waals surface area contributed by atoms with Crippen LogP contribution >= 0.6 is 0 Å². The molecule has 7 N–H and O–H groups in total. The molecule has 0 amide bonds. The second kappa shape index (κ2) is 15.9. The number of nitrogens with zero attached hydrogens (tertiary/aromatic N) is 7. The molecule has 312 valence electrons. The molecule has 61 heavy (non-hydrogen) atoms. The van der Waals surface area contributed by atoms with Gasteiger partial charge in [0.05, 0.1) is 11.4 Å². The second-order valence-corrected chi connectivity index (χ2v) is 18.0. The Bertz CT molecular complexity index is 3200. The van der Waals surface area contributed by atoms with Crippen LogP contribution < -0.4 is 10.6 Å². The standard InChI is InChI=1S/C35H25N9O13S4/c45-35-39-33(36-19-7-11-21(12-8-19)41-43-27-17-15-23-25(31(27)60(52,53)54)3-1-5-29(23)58(46,47)48)38-34(40-35)37-20-9-13-22(14-10-20)42-44-28-18-16-24-26(32(28)61(55,56)57)4-2-6-30(24)59(49,50)51/h1-18H,(H,46,47,48)(H,49,50,51)(H,52,53,54)(H,55,56,57)(H3,36,37,38,39,40,45). The molecule has 1 aromatic heterocycles. The Labute approximate surface area is 344 Å². The van der Waals surface area contributed by atoms with E-state index >= 15 is 0 Å². The minimum absolute atomic E-state index is 0.0956. The maximum atomic E-state index is 12.3. The van der Waals surface area contributed by atoms with Crippen molar-refractivity contribution in [1.29, 1.82) is 0 Å². The molecular weight excluding hydrogens is 883 g/mol. The first-order valence-corrected chi connectivity index (χ1v) is 22.5. The van der Waals surface area contributed by atoms with Crippen LogP contribution in [0.4, 0.5) is 46.0 Å². The molecule has 7 aromatic rings. The summed E-state index contributed by atoms with van der Waals surface area (Å²) >= 11 is 0. The smallest absolute Gasteiger partial charge is 0.320 e. The van der Waals surface area contributed by atoms with Gasteiger partial charge in [-0.1, -0.05) is 36.4 Å². The van der Waals surface area contributed by atoms with Crippen LogP contribution in [0.1, 0.15) is 0 Å². The summed E-state index contributed by atoms with van der Waals surface area (Å²) in [7, 11) is -19.4. The highest BCUT2D eigenvalue weighted by Gasteiger charge is 2.25. The summed E-state index contributed by atoms with van der Waals surface area (Å²) in [5, 5.41) is 31.0. The van der Waals surface area contributed by atoms with Crippen LogP contribution in [0.5, 0.6) is 6.01 Å². The van der Waals surface area contributed by atoms with Gasteiger partial charge in [-0.15, -0.1) is 10.2 Å². The van der Waals surface area contributed by atoms with Gasteiger partial charge in [-0.3, -0.25) is 18.2 Å². The highest BCUT2D eigenvalue weighted by Crippen LogP contribution is 2.38. The Balaban J connectivity index is 1.05. The number of hydrogen-bond acceptors (Lipinski definition) is 18. The van der Waals surface area contributed by atoms with Gasteiger partial charge in [-0.05, 0) is 72.8 Å². The van der Waals surface area contributed by atoms with Crippen LogP contribution in [0.25, 0.3) is 21.5 Å². The first-order valence-electron chi connectivity index (χ1n) is 16.7. The minimum Gasteiger partial charge on any atom is -0.479 e. The van der Waals surface area contributed by atoms with E-state index in [0.29, 0.717) is 11.4 Å². The molecule has 7 rings (SSSR count). The van der Waals surface area contributed by atoms with E-state index in [4.69, 9.17) is 0 Å². The molecule has 0 unspecified atom stereocenters. The molecule has 0 bridgehead atoms. The average Bonchev–Trinajstić information content (AvgIpc) is 3.17. The van der Waals surface area contributed by atoms with E-state index in [9.17, 15) is 57.0 Å². The van der Waals surface area contributed by atoms with E-state index in [1.807, 2.05) is 0 Å². The van der Waals surface area contributed by atoms with Gasteiger partial charge >= 0.3 is 6.01 Å². The summed E-state index contributed by atoms with van der Waals surface area (Å²) in [5.41, 5.74) is 0.590. The van der Waals surface area contributed by atoms with E-state index in [1.165, 1.54) is 84.9 Å². The molecule has 0 saturated heterocycles. The fourth-order valence-electron chi connectivity index (χ4n) is 5.91. The van der Waals surface area contributed by atoms with E-state index in [0.717, 1.165) is 24.3 Å². The predicted octanol–water partition coefficient (Wildman–Crippen LogP) is 7.19. The lowest BCUT2D eigenvalue weighted by Gasteiger charge is -2.10. The van der Waals surface area contributed by atoms with Crippen LogP contribution in [0.3, 0.4) is 0 Å². The van der Waals surface area contributed by atoms with Crippen molar-refractivity contribution < 1.29 is 57.0 Å². The third-order valence-corrected chi connectivity index (χ3v) is 12.1. The molecule has 0 aliphatic heterocycles. The molecule has 0 radical (unpaired) electrons. The number of azo groups is 2. The SMILES string of the molecule is O=S(=O)(O)c1cccc2c(S(=O)(=O)O)c(N=Nc3ccc(Nc4nc(O)nc(Nc5ccc(N=Nc6ccc7c(S(=O)(=O)O)cccc7c6S(=O)(=O)O)cc5)n4)cc3)ccc12. The number of benzene rings is 6. The van der Waals surface area contributed by atoms with Crippen LogP contribution in [-0.4, -0.2) is 71.9 Å². The maximum Gasteiger partial charge on any atom is 0.320 e. The van der Waals surface area contributed by atoms with Crippen LogP contribution in [0.15, 0.2) is 149 Å². The summed E-state index contributed by atoms with van der Waals surface area (Å²) in [6.45, 7) is 0. The van der Waals surface area contributed by atoms with E-state index in [1.54, 1.807) is 0 Å². The molecule has 6 aromatic carbocycles. The van der Waals surface area contributed by atoms with Gasteiger partial charge in [-0.2, -0.15) is 58.9 Å². The van der Waals surface area contributed by atoms with Gasteiger partial charge in [-0.25, -0.2) is 0 Å². The predicted molar refractivity (Wildman–Crippen MR) is 216 cm³/mol. The Morgan fingerprint density at radius 3 is 1.13 bits per heavy atom. The summed E-state index contributed by atoms with van der Waals surface area (Å²) < 4.78 is 136. The van der Waals surface area contributed by atoms with Crippen molar-refractivity contribution in [2.75, 3.05) is 10.6 Å². The van der Waals surface area contributed by atoms with E-state index in [-0.39, 0.29) is 56.2 Å². The monoisotopic (exact) mass is 907 g/mol. The van der Waals surface area contributed by atoms with Gasteiger partial charge < -0.3 is 15.7 Å². The number of nitrogens with one attached hydrogen (secondary N) is 2. The number of fused-ring (bicyclic) bond motifs is 2. The second-order valence-electron chi connectivity index (χ2n) is 12.5. The Morgan fingerprint density at radius 1 is 0.410 bits per heavy atom. The molecule has 1 heterocycles. The van der Waals surface area contributed by atoms with Crippen molar-refractivity contribution in [3.63, 3.8) is 0 Å². The lowest BCUT2D eigenvalue weighted by atomic mass is 10.1. The lowest BCUT2D eigenvalue weighted by molar-refractivity contribution is 0.430. The average molecular weight is 908 g/mol. The normalized spacial score (nSPS) is 12.7. The zero-order chi connectivity index (χ0) is 43.9. The lowest BCUT2D eigenvalue weighted by Crippen LogP contribution is -2.03. The highest BCUT2D eigenvalue weighted by atomic mass is 32.2. The maximum absolute atomic E-state index is 12.3. The molecule has 0 saturated carbocycles. The van der Waals surface area contributed by atoms with Crippen molar-refractivity contribution in [3.05, 3.63) is 109 Å². The third-order valence-electron chi connectivity index (χ3n) is 8.39. The van der Waals surface area contributed by atoms with Crippen molar-refractivity contribution in [2.45, 2.75) is 19.6 Å². The molecule has 0 spiro atoms. The van der Waals surface area contributed by atoms with Crippen molar-refractivity contribution in [2.24, 2.45) is 20.5 Å². The zero-order valence-corrected chi connectivity index (χ0v) is 33.4. The van der Waals surface area contributed by atoms with Crippen molar-refractivity contribution >= 4 is 108 Å². The molecule has 0 aliphatic carbocycles. The summed E-state index contributed by atoms with van der Waals surface area (Å²) in [6, 6.07) is 22.9. The van der Waals surface area contributed by atoms with Gasteiger partial charge in [0.25, 0.3) is 40.5 Å². The van der Waals surface area contributed by atoms with Crippen LogP contribution in [0.2, 0.25) is 0 Å². The van der Waals surface area contributed by atoms with Crippen LogP contribution in [-0.2, 0) is 40.5 Å². The Hall–Kier alpha value is -6.91. The fourth-order valence-corrected chi connectivity index (χ4v) is 8.98. The molecule has 0 fully saturated rings. The molecule has 0 aliphatic rings. The minimum atomic E-state index is -4.96. The highest BCUT2D eigenvalue weighted by molar-refractivity contribution is 7.87. The number of anilines is 4. The molecular formula is C35H25N9O13S4. The number of aromatic nitrogens is 3. The first kappa shape index (κ1) is 42.2. The van der Waals surface area contributed by atoms with Crippen LogP contribution in [0, 0.1) is 0 Å². The Morgan fingerprint density at radius 2 is 0.787 bits per heavy atom. The summed E-state index contributed by atoms with van der Waals surface area (Å²) in [6.07, 6.45) is 0. The Kier molecular flexibility index (Phi) is 11.0.